The normalized spacial score (nSPS) is 10.9. The third-order valence-corrected chi connectivity index (χ3v) is 3.64. The van der Waals surface area contributed by atoms with Crippen molar-refractivity contribution in [1.82, 2.24) is 15.2 Å². The van der Waals surface area contributed by atoms with E-state index in [2.05, 4.69) is 57.6 Å². The molecule has 1 N–H and O–H groups in total. The number of pyridine rings is 1. The summed E-state index contributed by atoms with van der Waals surface area (Å²) >= 11 is 0. The van der Waals surface area contributed by atoms with E-state index >= 15 is 0 Å². The molecule has 2 aromatic heterocycles. The molecule has 0 spiro atoms. The molecule has 0 saturated carbocycles. The largest absolute Gasteiger partial charge is 0.276 e. The molecule has 4 aromatic rings. The summed E-state index contributed by atoms with van der Waals surface area (Å²) in [6.45, 7) is 0. The fourth-order valence-corrected chi connectivity index (χ4v) is 2.66. The highest BCUT2D eigenvalue weighted by Crippen LogP contribution is 2.33. The summed E-state index contributed by atoms with van der Waals surface area (Å²) in [5, 5.41) is 9.74. The maximum Gasteiger partial charge on any atom is 0.0913 e. The molecule has 0 aliphatic heterocycles. The molecule has 2 heterocycles. The predicted molar refractivity (Wildman–Crippen MR) is 84.8 cm³/mol. The summed E-state index contributed by atoms with van der Waals surface area (Å²) in [6.07, 6.45) is 3.66. The van der Waals surface area contributed by atoms with Gasteiger partial charge in [-0.15, -0.1) is 0 Å². The van der Waals surface area contributed by atoms with Crippen molar-refractivity contribution in [3.05, 3.63) is 73.1 Å². The zero-order chi connectivity index (χ0) is 14.1. The Morgan fingerprint density at radius 1 is 0.762 bits per heavy atom. The summed E-state index contributed by atoms with van der Waals surface area (Å²) < 4.78 is 0. The fraction of sp³-hybridized carbons (Fsp3) is 0. The van der Waals surface area contributed by atoms with Crippen LogP contribution in [0.5, 0.6) is 0 Å². The van der Waals surface area contributed by atoms with Gasteiger partial charge >= 0.3 is 0 Å². The van der Waals surface area contributed by atoms with Crippen LogP contribution in [0.3, 0.4) is 0 Å². The van der Waals surface area contributed by atoms with Gasteiger partial charge in [-0.1, -0.05) is 48.5 Å². The van der Waals surface area contributed by atoms with Gasteiger partial charge in [0.05, 0.1) is 17.6 Å². The maximum absolute atomic E-state index is 4.42. The van der Waals surface area contributed by atoms with Gasteiger partial charge in [0.2, 0.25) is 0 Å². The van der Waals surface area contributed by atoms with E-state index in [0.717, 1.165) is 17.0 Å². The minimum absolute atomic E-state index is 0.901. The van der Waals surface area contributed by atoms with E-state index in [4.69, 9.17) is 0 Å². The van der Waals surface area contributed by atoms with Crippen LogP contribution in [0, 0.1) is 0 Å². The number of fused-ring (bicyclic) bond motifs is 1. The van der Waals surface area contributed by atoms with E-state index in [0.29, 0.717) is 0 Å². The average Bonchev–Trinajstić information content (AvgIpc) is 3.04. The van der Waals surface area contributed by atoms with Crippen molar-refractivity contribution in [3.63, 3.8) is 0 Å². The van der Waals surface area contributed by atoms with Crippen molar-refractivity contribution in [2.45, 2.75) is 0 Å². The molecule has 0 amide bonds. The van der Waals surface area contributed by atoms with Crippen LogP contribution < -0.4 is 0 Å². The number of rotatable bonds is 2. The van der Waals surface area contributed by atoms with Crippen molar-refractivity contribution in [1.29, 1.82) is 0 Å². The molecule has 0 unspecified atom stereocenters. The molecule has 0 aliphatic carbocycles. The standard InChI is InChI=1S/C18H13N3/c1-2-8-14-13(6-1)7-5-9-15(14)16-12-20-21-18(16)17-10-3-4-11-19-17/h1-12H,(H,20,21). The first-order valence-electron chi connectivity index (χ1n) is 6.86. The third-order valence-electron chi connectivity index (χ3n) is 3.64. The van der Waals surface area contributed by atoms with Gasteiger partial charge in [-0.3, -0.25) is 10.1 Å². The van der Waals surface area contributed by atoms with Crippen LogP contribution in [0.25, 0.3) is 33.3 Å². The molecular formula is C18H13N3. The first-order valence-corrected chi connectivity index (χ1v) is 6.86. The summed E-state index contributed by atoms with van der Waals surface area (Å²) in [6, 6.07) is 20.6. The van der Waals surface area contributed by atoms with Crippen LogP contribution in [0.2, 0.25) is 0 Å². The smallest absolute Gasteiger partial charge is 0.0913 e. The average molecular weight is 271 g/mol. The van der Waals surface area contributed by atoms with E-state index in [1.54, 1.807) is 6.20 Å². The molecule has 0 atom stereocenters. The van der Waals surface area contributed by atoms with Gasteiger partial charge in [-0.05, 0) is 28.5 Å². The van der Waals surface area contributed by atoms with Crippen molar-refractivity contribution in [2.24, 2.45) is 0 Å². The van der Waals surface area contributed by atoms with E-state index in [1.807, 2.05) is 24.4 Å². The Morgan fingerprint density at radius 3 is 2.52 bits per heavy atom. The Labute approximate surface area is 122 Å². The molecule has 4 rings (SSSR count). The number of nitrogens with zero attached hydrogens (tertiary/aromatic N) is 2. The van der Waals surface area contributed by atoms with Crippen molar-refractivity contribution >= 4 is 10.8 Å². The quantitative estimate of drug-likeness (QED) is 0.591. The number of nitrogens with one attached hydrogen (secondary N) is 1. The van der Waals surface area contributed by atoms with Crippen LogP contribution in [0.4, 0.5) is 0 Å². The second-order valence-electron chi connectivity index (χ2n) is 4.90. The lowest BCUT2D eigenvalue weighted by Gasteiger charge is -2.07. The van der Waals surface area contributed by atoms with Crippen LogP contribution >= 0.6 is 0 Å². The van der Waals surface area contributed by atoms with Crippen molar-refractivity contribution in [2.75, 3.05) is 0 Å². The second-order valence-corrected chi connectivity index (χ2v) is 4.90. The zero-order valence-electron chi connectivity index (χ0n) is 11.3. The Bertz CT molecular complexity index is 889. The second kappa shape index (κ2) is 4.87. The summed E-state index contributed by atoms with van der Waals surface area (Å²) in [4.78, 5) is 4.42. The van der Waals surface area contributed by atoms with Crippen molar-refractivity contribution < 1.29 is 0 Å². The Balaban J connectivity index is 1.97. The molecular weight excluding hydrogens is 258 g/mol. The van der Waals surface area contributed by atoms with Gasteiger partial charge in [0.15, 0.2) is 0 Å². The Morgan fingerprint density at radius 2 is 1.62 bits per heavy atom. The van der Waals surface area contributed by atoms with Gasteiger partial charge in [0, 0.05) is 11.8 Å². The summed E-state index contributed by atoms with van der Waals surface area (Å²) in [5.41, 5.74) is 4.10. The lowest BCUT2D eigenvalue weighted by Crippen LogP contribution is -1.86. The predicted octanol–water partition coefficient (Wildman–Crippen LogP) is 4.29. The van der Waals surface area contributed by atoms with Gasteiger partial charge in [-0.25, -0.2) is 0 Å². The van der Waals surface area contributed by atoms with E-state index in [9.17, 15) is 0 Å². The number of hydrogen-bond donors (Lipinski definition) is 1. The van der Waals surface area contributed by atoms with E-state index in [-0.39, 0.29) is 0 Å². The zero-order valence-corrected chi connectivity index (χ0v) is 11.3. The highest BCUT2D eigenvalue weighted by Gasteiger charge is 2.12. The van der Waals surface area contributed by atoms with E-state index < -0.39 is 0 Å². The fourth-order valence-electron chi connectivity index (χ4n) is 2.66. The number of hydrogen-bond acceptors (Lipinski definition) is 2. The monoisotopic (exact) mass is 271 g/mol. The summed E-state index contributed by atoms with van der Waals surface area (Å²) in [5.74, 6) is 0. The lowest BCUT2D eigenvalue weighted by atomic mass is 9.98. The molecule has 0 aliphatic rings. The van der Waals surface area contributed by atoms with Crippen LogP contribution in [-0.2, 0) is 0 Å². The van der Waals surface area contributed by atoms with Gasteiger partial charge < -0.3 is 0 Å². The number of H-pyrrole nitrogens is 1. The number of aromatic nitrogens is 3. The molecule has 0 fully saturated rings. The molecule has 0 radical (unpaired) electrons. The van der Waals surface area contributed by atoms with Gasteiger partial charge in [0.25, 0.3) is 0 Å². The minimum Gasteiger partial charge on any atom is -0.276 e. The number of benzene rings is 2. The third kappa shape index (κ3) is 1.99. The summed E-state index contributed by atoms with van der Waals surface area (Å²) in [7, 11) is 0. The first-order chi connectivity index (χ1) is 10.4. The maximum atomic E-state index is 4.42. The van der Waals surface area contributed by atoms with Crippen molar-refractivity contribution in [3.8, 4) is 22.5 Å². The molecule has 3 heteroatoms. The molecule has 0 saturated heterocycles. The van der Waals surface area contributed by atoms with Gasteiger partial charge in [0.1, 0.15) is 0 Å². The topological polar surface area (TPSA) is 41.6 Å². The molecule has 100 valence electrons. The Hall–Kier alpha value is -2.94. The van der Waals surface area contributed by atoms with Crippen LogP contribution in [-0.4, -0.2) is 15.2 Å². The molecule has 21 heavy (non-hydrogen) atoms. The molecule has 0 bridgehead atoms. The molecule has 3 nitrogen and oxygen atoms in total. The minimum atomic E-state index is 0.901. The highest BCUT2D eigenvalue weighted by molar-refractivity contribution is 5.99. The van der Waals surface area contributed by atoms with Crippen LogP contribution in [0.1, 0.15) is 0 Å². The highest BCUT2D eigenvalue weighted by atomic mass is 15.1. The molecule has 2 aromatic carbocycles. The first kappa shape index (κ1) is 11.9. The lowest BCUT2D eigenvalue weighted by molar-refractivity contribution is 1.09. The SMILES string of the molecule is c1ccc(-c2[nH]ncc2-c2cccc3ccccc23)nc1. The number of aromatic amines is 1. The van der Waals surface area contributed by atoms with Crippen LogP contribution in [0.15, 0.2) is 73.1 Å². The Kier molecular flexibility index (Phi) is 2.75. The van der Waals surface area contributed by atoms with E-state index in [1.165, 1.54) is 16.3 Å². The van der Waals surface area contributed by atoms with Gasteiger partial charge in [-0.2, -0.15) is 5.10 Å².